The third-order valence-electron chi connectivity index (χ3n) is 2.59. The molecule has 0 radical (unpaired) electrons. The second-order valence-corrected chi connectivity index (χ2v) is 3.66. The maximum absolute atomic E-state index is 13.0. The zero-order valence-electron chi connectivity index (χ0n) is 7.88. The monoisotopic (exact) mass is 197 g/mol. The standard InChI is InChI=1S/C10H12FNO2/c1-14-9-5-7(11)8(13)4-6(9)10(12)2-3-10/h4-5,13H,2-3,12H2,1H3. The predicted molar refractivity (Wildman–Crippen MR) is 49.7 cm³/mol. The van der Waals surface area contributed by atoms with Crippen LogP contribution in [0.5, 0.6) is 11.5 Å². The molecule has 0 aromatic heterocycles. The molecule has 0 saturated heterocycles. The molecule has 0 heterocycles. The number of ether oxygens (including phenoxy) is 1. The van der Waals surface area contributed by atoms with Crippen LogP contribution in [0.2, 0.25) is 0 Å². The zero-order chi connectivity index (χ0) is 10.3. The SMILES string of the molecule is COc1cc(F)c(O)cc1C1(N)CC1. The summed E-state index contributed by atoms with van der Waals surface area (Å²) in [7, 11) is 1.46. The van der Waals surface area contributed by atoms with Crippen LogP contribution in [-0.4, -0.2) is 12.2 Å². The van der Waals surface area contributed by atoms with Crippen molar-refractivity contribution < 1.29 is 14.2 Å². The number of methoxy groups -OCH3 is 1. The van der Waals surface area contributed by atoms with Gasteiger partial charge >= 0.3 is 0 Å². The second kappa shape index (κ2) is 2.85. The fraction of sp³-hybridized carbons (Fsp3) is 0.400. The first-order valence-electron chi connectivity index (χ1n) is 4.43. The van der Waals surface area contributed by atoms with Crippen LogP contribution in [0.4, 0.5) is 4.39 Å². The maximum Gasteiger partial charge on any atom is 0.168 e. The van der Waals surface area contributed by atoms with E-state index in [1.165, 1.54) is 13.2 Å². The van der Waals surface area contributed by atoms with E-state index in [0.717, 1.165) is 18.9 Å². The van der Waals surface area contributed by atoms with E-state index in [0.29, 0.717) is 11.3 Å². The topological polar surface area (TPSA) is 55.5 Å². The minimum atomic E-state index is -0.685. The average Bonchev–Trinajstić information content (AvgIpc) is 2.89. The number of rotatable bonds is 2. The van der Waals surface area contributed by atoms with Crippen molar-refractivity contribution in [1.29, 1.82) is 0 Å². The number of phenolic OH excluding ortho intramolecular Hbond substituents is 1. The first-order chi connectivity index (χ1) is 6.57. The van der Waals surface area contributed by atoms with Gasteiger partial charge in [0.15, 0.2) is 11.6 Å². The molecule has 4 heteroatoms. The molecule has 0 amide bonds. The Morgan fingerprint density at radius 2 is 2.14 bits per heavy atom. The van der Waals surface area contributed by atoms with Crippen molar-refractivity contribution in [3.8, 4) is 11.5 Å². The summed E-state index contributed by atoms with van der Waals surface area (Å²) in [6.07, 6.45) is 1.68. The summed E-state index contributed by atoms with van der Waals surface area (Å²) >= 11 is 0. The van der Waals surface area contributed by atoms with Gasteiger partial charge in [-0.1, -0.05) is 0 Å². The highest BCUT2D eigenvalue weighted by Crippen LogP contribution is 2.47. The van der Waals surface area contributed by atoms with Gasteiger partial charge in [0, 0.05) is 17.2 Å². The zero-order valence-corrected chi connectivity index (χ0v) is 7.88. The van der Waals surface area contributed by atoms with Crippen LogP contribution in [-0.2, 0) is 5.54 Å². The van der Waals surface area contributed by atoms with Gasteiger partial charge in [-0.25, -0.2) is 4.39 Å². The predicted octanol–water partition coefficient (Wildman–Crippen LogP) is 1.49. The van der Waals surface area contributed by atoms with Crippen LogP contribution in [0.15, 0.2) is 12.1 Å². The van der Waals surface area contributed by atoms with Crippen LogP contribution in [0, 0.1) is 5.82 Å². The normalized spacial score (nSPS) is 17.9. The van der Waals surface area contributed by atoms with Gasteiger partial charge in [-0.05, 0) is 18.9 Å². The number of aromatic hydroxyl groups is 1. The summed E-state index contributed by atoms with van der Waals surface area (Å²) in [6.45, 7) is 0. The number of nitrogens with two attached hydrogens (primary N) is 1. The number of phenols is 1. The average molecular weight is 197 g/mol. The first kappa shape index (κ1) is 9.27. The highest BCUT2D eigenvalue weighted by atomic mass is 19.1. The quantitative estimate of drug-likeness (QED) is 0.755. The number of halogens is 1. The fourth-order valence-corrected chi connectivity index (χ4v) is 1.51. The number of benzene rings is 1. The number of hydrogen-bond acceptors (Lipinski definition) is 3. The molecule has 0 atom stereocenters. The molecular formula is C10H12FNO2. The lowest BCUT2D eigenvalue weighted by atomic mass is 10.0. The van der Waals surface area contributed by atoms with Crippen LogP contribution >= 0.6 is 0 Å². The third-order valence-corrected chi connectivity index (χ3v) is 2.59. The van der Waals surface area contributed by atoms with Crippen molar-refractivity contribution in [2.75, 3.05) is 7.11 Å². The molecule has 0 spiro atoms. The van der Waals surface area contributed by atoms with Gasteiger partial charge in [0.05, 0.1) is 7.11 Å². The molecule has 3 N–H and O–H groups in total. The first-order valence-corrected chi connectivity index (χ1v) is 4.43. The summed E-state index contributed by atoms with van der Waals surface area (Å²) < 4.78 is 18.0. The fourth-order valence-electron chi connectivity index (χ4n) is 1.51. The lowest BCUT2D eigenvalue weighted by molar-refractivity contribution is 0.389. The van der Waals surface area contributed by atoms with Crippen molar-refractivity contribution in [2.24, 2.45) is 5.73 Å². The molecule has 1 aromatic rings. The van der Waals surface area contributed by atoms with E-state index >= 15 is 0 Å². The van der Waals surface area contributed by atoms with Crippen LogP contribution in [0.25, 0.3) is 0 Å². The van der Waals surface area contributed by atoms with E-state index < -0.39 is 11.4 Å². The number of hydrogen-bond donors (Lipinski definition) is 2. The molecule has 1 aromatic carbocycles. The minimum Gasteiger partial charge on any atom is -0.505 e. The molecule has 0 unspecified atom stereocenters. The molecule has 1 saturated carbocycles. The third kappa shape index (κ3) is 1.32. The van der Waals surface area contributed by atoms with Crippen molar-refractivity contribution >= 4 is 0 Å². The molecule has 0 bridgehead atoms. The van der Waals surface area contributed by atoms with Gasteiger partial charge in [0.1, 0.15) is 5.75 Å². The lowest BCUT2D eigenvalue weighted by Gasteiger charge is -2.14. The molecule has 0 aliphatic heterocycles. The van der Waals surface area contributed by atoms with E-state index in [-0.39, 0.29) is 5.75 Å². The Labute approximate surface area is 81.3 Å². The Hall–Kier alpha value is -1.29. The largest absolute Gasteiger partial charge is 0.505 e. The van der Waals surface area contributed by atoms with E-state index in [4.69, 9.17) is 10.5 Å². The van der Waals surface area contributed by atoms with E-state index in [1.807, 2.05) is 0 Å². The van der Waals surface area contributed by atoms with Crippen LogP contribution in [0.1, 0.15) is 18.4 Å². The smallest absolute Gasteiger partial charge is 0.168 e. The van der Waals surface area contributed by atoms with Crippen molar-refractivity contribution in [3.05, 3.63) is 23.5 Å². The summed E-state index contributed by atoms with van der Waals surface area (Å²) in [5.74, 6) is -0.660. The van der Waals surface area contributed by atoms with Gasteiger partial charge in [-0.2, -0.15) is 0 Å². The van der Waals surface area contributed by atoms with Gasteiger partial charge in [0.25, 0.3) is 0 Å². The maximum atomic E-state index is 13.0. The summed E-state index contributed by atoms with van der Waals surface area (Å²) in [6, 6.07) is 2.51. The molecule has 1 aliphatic carbocycles. The second-order valence-electron chi connectivity index (χ2n) is 3.66. The van der Waals surface area contributed by atoms with E-state index in [1.54, 1.807) is 0 Å². The minimum absolute atomic E-state index is 0.377. The Morgan fingerprint density at radius 3 is 2.64 bits per heavy atom. The Bertz CT molecular complexity index is 375. The van der Waals surface area contributed by atoms with E-state index in [2.05, 4.69) is 0 Å². The van der Waals surface area contributed by atoms with Crippen molar-refractivity contribution in [3.63, 3.8) is 0 Å². The molecular weight excluding hydrogens is 185 g/mol. The van der Waals surface area contributed by atoms with Crippen molar-refractivity contribution in [1.82, 2.24) is 0 Å². The Morgan fingerprint density at radius 1 is 1.50 bits per heavy atom. The Kier molecular flexibility index (Phi) is 1.89. The molecule has 14 heavy (non-hydrogen) atoms. The van der Waals surface area contributed by atoms with E-state index in [9.17, 15) is 9.50 Å². The van der Waals surface area contributed by atoms with Crippen molar-refractivity contribution in [2.45, 2.75) is 18.4 Å². The van der Waals surface area contributed by atoms with Gasteiger partial charge in [-0.3, -0.25) is 0 Å². The summed E-state index contributed by atoms with van der Waals surface area (Å²) in [5.41, 5.74) is 6.20. The summed E-state index contributed by atoms with van der Waals surface area (Å²) in [4.78, 5) is 0. The molecule has 76 valence electrons. The molecule has 1 aliphatic rings. The van der Waals surface area contributed by atoms with Gasteiger partial charge in [-0.15, -0.1) is 0 Å². The molecule has 1 fully saturated rings. The molecule has 3 nitrogen and oxygen atoms in total. The molecule has 2 rings (SSSR count). The Balaban J connectivity index is 2.52. The summed E-state index contributed by atoms with van der Waals surface area (Å²) in [5, 5.41) is 9.23. The lowest BCUT2D eigenvalue weighted by Crippen LogP contribution is -2.19. The van der Waals surface area contributed by atoms with Crippen LogP contribution < -0.4 is 10.5 Å². The van der Waals surface area contributed by atoms with Gasteiger partial charge in [0.2, 0.25) is 0 Å². The van der Waals surface area contributed by atoms with Gasteiger partial charge < -0.3 is 15.6 Å². The highest BCUT2D eigenvalue weighted by molar-refractivity contribution is 5.47. The highest BCUT2D eigenvalue weighted by Gasteiger charge is 2.42. The van der Waals surface area contributed by atoms with Crippen LogP contribution in [0.3, 0.4) is 0 Å².